The van der Waals surface area contributed by atoms with E-state index in [2.05, 4.69) is 78.8 Å². The number of benzene rings is 4. The Balaban J connectivity index is 1.29. The molecule has 5 atom stereocenters. The zero-order valence-electron chi connectivity index (χ0n) is 38.1. The van der Waals surface area contributed by atoms with Gasteiger partial charge in [0.1, 0.15) is 48.1 Å². The van der Waals surface area contributed by atoms with Gasteiger partial charge in [-0.05, 0) is 140 Å². The topological polar surface area (TPSA) is 157 Å². The maximum absolute atomic E-state index is 12.6. The van der Waals surface area contributed by atoms with Crippen molar-refractivity contribution in [2.75, 3.05) is 51.5 Å². The Labute approximate surface area is 382 Å². The van der Waals surface area contributed by atoms with Crippen molar-refractivity contribution < 1.29 is 34.0 Å². The number of para-hydroxylation sites is 1. The van der Waals surface area contributed by atoms with Gasteiger partial charge in [-0.2, -0.15) is 0 Å². The molecule has 5 aromatic rings. The van der Waals surface area contributed by atoms with Gasteiger partial charge >= 0.3 is 5.97 Å². The molecule has 4 aromatic carbocycles. The number of ether oxygens (including phenoxy) is 4. The van der Waals surface area contributed by atoms with Crippen molar-refractivity contribution in [2.24, 2.45) is 5.92 Å². The molecule has 65 heavy (non-hydrogen) atoms. The van der Waals surface area contributed by atoms with E-state index in [0.29, 0.717) is 42.6 Å². The molecule has 4 bridgehead atoms. The van der Waals surface area contributed by atoms with Crippen molar-refractivity contribution in [2.45, 2.75) is 95.5 Å². The number of nitrogens with one attached hydrogen (secondary N) is 2. The van der Waals surface area contributed by atoms with Crippen LogP contribution in [0.2, 0.25) is 0 Å². The van der Waals surface area contributed by atoms with Crippen LogP contribution in [0.4, 0.5) is 11.5 Å². The number of anilines is 2. The van der Waals surface area contributed by atoms with Crippen molar-refractivity contribution >= 4 is 17.5 Å². The Hall–Kier alpha value is -6.38. The Morgan fingerprint density at radius 2 is 1.85 bits per heavy atom. The molecule has 2 aliphatic carbocycles. The number of pyridine rings is 1. The molecule has 0 amide bonds. The predicted octanol–water partition coefficient (Wildman–Crippen LogP) is 9.04. The van der Waals surface area contributed by atoms with E-state index in [9.17, 15) is 15.0 Å². The lowest BCUT2D eigenvalue weighted by atomic mass is 9.64. The van der Waals surface area contributed by atoms with Crippen LogP contribution in [0.3, 0.4) is 0 Å². The van der Waals surface area contributed by atoms with E-state index in [0.717, 1.165) is 107 Å². The van der Waals surface area contributed by atoms with E-state index in [-0.39, 0.29) is 48.2 Å². The molecular weight excluding hydrogens is 817 g/mol. The average Bonchev–Trinajstić information content (AvgIpc) is 3.88. The number of phenolic OH excluding ortho intramolecular Hbond substituents is 2. The molecule has 6 N–H and O–H groups in total. The van der Waals surface area contributed by atoms with Crippen molar-refractivity contribution in [3.63, 3.8) is 0 Å². The standard InChI is InChI=1S/C54H60N4O7/c1-6-32-24-42-38(16-15-33-11-8-9-13-44(33)57-7-2)35-19-20-54(28-35)29-36-23-37(60)26-48(62-5)49(36)40-18-17-39-43(30-64-31(3)59)51(65-52(39)50(40)54)41-27-47(63-22-21-56-4)46(61)25-34(41)12-10-14-45(42)58-53(32)55/h8-9,11,13,17-18,23-27,35,38,43,51,56-57,60-61H,6-7,12,15-16,19-22,28-30H2,1-5H3,(H2,55,58). The minimum Gasteiger partial charge on any atom is -0.508 e. The SMILES string of the molecule is CCNc1ccccc1CCC1c2cc(CC)c(N)nc2C#CCc2cc(O)c(OCCNC)cc2C2Oc3c(ccc4c3C3(CCC1C3)Cc1cc(O)cc(OC)c1-4)C2COC(C)=O. The summed E-state index contributed by atoms with van der Waals surface area (Å²) in [5, 5.41) is 29.3. The number of phenols is 2. The van der Waals surface area contributed by atoms with Crippen LogP contribution >= 0.6 is 0 Å². The first-order valence-corrected chi connectivity index (χ1v) is 23.2. The second-order valence-electron chi connectivity index (χ2n) is 18.1. The molecule has 9 rings (SSSR count). The summed E-state index contributed by atoms with van der Waals surface area (Å²) < 4.78 is 25.5. The molecule has 0 saturated heterocycles. The molecule has 5 unspecified atom stereocenters. The van der Waals surface area contributed by atoms with E-state index < -0.39 is 11.5 Å². The molecule has 1 fully saturated rings. The zero-order chi connectivity index (χ0) is 45.4. The number of carbonyl (C=O) groups excluding carboxylic acids is 1. The number of aromatic nitrogens is 1. The molecule has 11 nitrogen and oxygen atoms in total. The number of nitrogens with zero attached hydrogens (tertiary/aromatic N) is 1. The van der Waals surface area contributed by atoms with Crippen LogP contribution in [0.5, 0.6) is 28.7 Å². The van der Waals surface area contributed by atoms with Crippen LogP contribution in [-0.4, -0.2) is 61.6 Å². The summed E-state index contributed by atoms with van der Waals surface area (Å²) in [4.78, 5) is 17.6. The molecule has 338 valence electrons. The summed E-state index contributed by atoms with van der Waals surface area (Å²) >= 11 is 0. The van der Waals surface area contributed by atoms with Gasteiger partial charge in [0, 0.05) is 65.9 Å². The second-order valence-corrected chi connectivity index (χ2v) is 18.1. The van der Waals surface area contributed by atoms with Gasteiger partial charge in [-0.25, -0.2) is 4.98 Å². The van der Waals surface area contributed by atoms with Gasteiger partial charge in [-0.15, -0.1) is 0 Å². The Bertz CT molecular complexity index is 2700. The van der Waals surface area contributed by atoms with Crippen molar-refractivity contribution in [1.82, 2.24) is 10.3 Å². The minimum atomic E-state index is -0.611. The summed E-state index contributed by atoms with van der Waals surface area (Å²) in [5.41, 5.74) is 18.2. The first-order chi connectivity index (χ1) is 31.6. The van der Waals surface area contributed by atoms with E-state index >= 15 is 0 Å². The lowest BCUT2D eigenvalue weighted by molar-refractivity contribution is -0.141. The number of aryl methyl sites for hydroxylation is 2. The molecule has 0 radical (unpaired) electrons. The summed E-state index contributed by atoms with van der Waals surface area (Å²) in [6.07, 6.45) is 5.47. The normalized spacial score (nSPS) is 21.0. The van der Waals surface area contributed by atoms with Gasteiger partial charge in [0.25, 0.3) is 0 Å². The number of fused-ring (bicyclic) bond motifs is 7. The molecular formula is C54H60N4O7. The van der Waals surface area contributed by atoms with Gasteiger partial charge in [-0.3, -0.25) is 4.79 Å². The fourth-order valence-electron chi connectivity index (χ4n) is 11.4. The summed E-state index contributed by atoms with van der Waals surface area (Å²) in [5.74, 6) is 8.91. The van der Waals surface area contributed by atoms with Crippen molar-refractivity contribution in [3.05, 3.63) is 117 Å². The van der Waals surface area contributed by atoms with E-state index in [1.165, 1.54) is 12.5 Å². The molecule has 4 aliphatic rings. The summed E-state index contributed by atoms with van der Waals surface area (Å²) in [7, 11) is 3.50. The molecule has 2 aliphatic heterocycles. The zero-order valence-corrected chi connectivity index (χ0v) is 38.1. The lowest BCUT2D eigenvalue weighted by Gasteiger charge is -2.40. The highest BCUT2D eigenvalue weighted by molar-refractivity contribution is 5.84. The molecule has 3 heterocycles. The number of rotatable bonds is 13. The predicted molar refractivity (Wildman–Crippen MR) is 253 cm³/mol. The first-order valence-electron chi connectivity index (χ1n) is 23.2. The third-order valence-electron chi connectivity index (χ3n) is 14.3. The monoisotopic (exact) mass is 876 g/mol. The van der Waals surface area contributed by atoms with Gasteiger partial charge in [0.2, 0.25) is 0 Å². The summed E-state index contributed by atoms with van der Waals surface area (Å²) in [6, 6.07) is 22.3. The van der Waals surface area contributed by atoms with Gasteiger partial charge in [-0.1, -0.05) is 43.2 Å². The van der Waals surface area contributed by atoms with Crippen LogP contribution in [0, 0.1) is 17.8 Å². The van der Waals surface area contributed by atoms with Crippen LogP contribution in [0.15, 0.2) is 66.7 Å². The maximum Gasteiger partial charge on any atom is 0.302 e. The number of nitrogens with two attached hydrogens (primary N) is 1. The van der Waals surface area contributed by atoms with E-state index in [4.69, 9.17) is 29.7 Å². The summed E-state index contributed by atoms with van der Waals surface area (Å²) in [6.45, 7) is 7.51. The third kappa shape index (κ3) is 8.18. The first kappa shape index (κ1) is 43.9. The van der Waals surface area contributed by atoms with E-state index in [1.807, 2.05) is 19.2 Å². The smallest absolute Gasteiger partial charge is 0.302 e. The second kappa shape index (κ2) is 18.2. The van der Waals surface area contributed by atoms with Gasteiger partial charge < -0.3 is 45.5 Å². The number of hydrogen-bond acceptors (Lipinski definition) is 11. The number of hydrogen-bond donors (Lipinski definition) is 5. The maximum atomic E-state index is 12.6. The van der Waals surface area contributed by atoms with Gasteiger partial charge in [0.15, 0.2) is 11.5 Å². The molecule has 1 saturated carbocycles. The number of esters is 1. The fourth-order valence-corrected chi connectivity index (χ4v) is 11.4. The minimum absolute atomic E-state index is 0.000443. The van der Waals surface area contributed by atoms with Crippen LogP contribution in [0.1, 0.15) is 115 Å². The number of likely N-dealkylation sites (N-methyl/N-ethyl adjacent to an activating group) is 1. The number of carbonyl (C=O) groups is 1. The van der Waals surface area contributed by atoms with Crippen LogP contribution in [-0.2, 0) is 40.6 Å². The van der Waals surface area contributed by atoms with Crippen LogP contribution in [0.25, 0.3) is 11.1 Å². The Morgan fingerprint density at radius 3 is 2.63 bits per heavy atom. The van der Waals surface area contributed by atoms with E-state index in [1.54, 1.807) is 19.2 Å². The largest absolute Gasteiger partial charge is 0.508 e. The third-order valence-corrected chi connectivity index (χ3v) is 14.3. The number of nitrogen functional groups attached to an aromatic ring is 1. The van der Waals surface area contributed by atoms with Gasteiger partial charge in [0.05, 0.1) is 13.0 Å². The quantitative estimate of drug-likeness (QED) is 0.0437. The van der Waals surface area contributed by atoms with Crippen molar-refractivity contribution in [1.29, 1.82) is 0 Å². The number of aromatic hydroxyl groups is 2. The Kier molecular flexibility index (Phi) is 12.3. The molecule has 11 heteroatoms. The fraction of sp³-hybridized carbons (Fsp3) is 0.407. The molecule has 1 aromatic heterocycles. The lowest BCUT2D eigenvalue weighted by Crippen LogP contribution is -2.31. The van der Waals surface area contributed by atoms with Crippen LogP contribution < -0.4 is 30.6 Å². The highest BCUT2D eigenvalue weighted by Gasteiger charge is 2.52. The number of methoxy groups -OCH3 is 1. The highest BCUT2D eigenvalue weighted by atomic mass is 16.5. The average molecular weight is 877 g/mol. The molecule has 1 spiro atoms. The Morgan fingerprint density at radius 1 is 1.00 bits per heavy atom. The highest BCUT2D eigenvalue weighted by Crippen LogP contribution is 2.63. The van der Waals surface area contributed by atoms with Crippen molar-refractivity contribution in [3.8, 4) is 51.7 Å².